The maximum atomic E-state index is 12.8. The number of hydrogen-bond acceptors (Lipinski definition) is 9. The van der Waals surface area contributed by atoms with Gasteiger partial charge in [-0.3, -0.25) is 14.2 Å². The standard InChI is InChI=1S/C27H36BrN9O3/c1-20-30-21-7-4-5-8-22(21)37(20)27-32-25(31-26(33-27)36-15-17-40-18-16-36)35-13-11-34(12-14-35)24(39)9-3-2-6-10-29-23(38)19-28/h4-5,7-8H,2-3,6,9-19H2,1H3,(H,29,38). The second kappa shape index (κ2) is 13.4. The number of nitrogens with zero attached hydrogens (tertiary/aromatic N) is 8. The van der Waals surface area contributed by atoms with E-state index in [0.717, 1.165) is 49.2 Å². The van der Waals surface area contributed by atoms with Gasteiger partial charge in [0.25, 0.3) is 0 Å². The number of unbranched alkanes of at least 4 members (excludes halogenated alkanes) is 2. The van der Waals surface area contributed by atoms with Crippen LogP contribution in [0.2, 0.25) is 0 Å². The number of halogens is 1. The molecule has 0 atom stereocenters. The highest BCUT2D eigenvalue weighted by Gasteiger charge is 2.26. The SMILES string of the molecule is Cc1nc2ccccc2n1-c1nc(N2CCOCC2)nc(N2CCN(C(=O)CCCCCNC(=O)CBr)CC2)n1. The Kier molecular flexibility index (Phi) is 9.42. The molecule has 2 aromatic heterocycles. The van der Waals surface area contributed by atoms with E-state index in [9.17, 15) is 9.59 Å². The predicted octanol–water partition coefficient (Wildman–Crippen LogP) is 2.08. The summed E-state index contributed by atoms with van der Waals surface area (Å²) in [6, 6.07) is 7.98. The molecule has 0 spiro atoms. The maximum Gasteiger partial charge on any atom is 0.242 e. The van der Waals surface area contributed by atoms with Gasteiger partial charge >= 0.3 is 0 Å². The summed E-state index contributed by atoms with van der Waals surface area (Å²) in [5.74, 6) is 2.77. The number of nitrogens with one attached hydrogen (secondary N) is 1. The lowest BCUT2D eigenvalue weighted by molar-refractivity contribution is -0.131. The molecule has 2 aliphatic rings. The van der Waals surface area contributed by atoms with Crippen molar-refractivity contribution in [3.63, 3.8) is 0 Å². The molecule has 2 amide bonds. The highest BCUT2D eigenvalue weighted by atomic mass is 79.9. The first-order valence-electron chi connectivity index (χ1n) is 13.9. The summed E-state index contributed by atoms with van der Waals surface area (Å²) in [6.45, 7) is 7.87. The number of carbonyl (C=O) groups excluding carboxylic acids is 2. The van der Waals surface area contributed by atoms with Gasteiger partial charge in [0.1, 0.15) is 5.82 Å². The Balaban J connectivity index is 1.26. The minimum Gasteiger partial charge on any atom is -0.378 e. The van der Waals surface area contributed by atoms with Crippen molar-refractivity contribution in [1.82, 2.24) is 34.7 Å². The van der Waals surface area contributed by atoms with Gasteiger partial charge in [-0.1, -0.05) is 34.5 Å². The number of fused-ring (bicyclic) bond motifs is 1. The number of amides is 2. The molecule has 4 heterocycles. The lowest BCUT2D eigenvalue weighted by Crippen LogP contribution is -2.49. The third-order valence-corrected chi connectivity index (χ3v) is 7.76. The summed E-state index contributed by atoms with van der Waals surface area (Å²) < 4.78 is 7.53. The highest BCUT2D eigenvalue weighted by molar-refractivity contribution is 9.09. The van der Waals surface area contributed by atoms with Crippen LogP contribution in [0, 0.1) is 6.92 Å². The van der Waals surface area contributed by atoms with Gasteiger partial charge in [0.15, 0.2) is 0 Å². The van der Waals surface area contributed by atoms with Crippen molar-refractivity contribution in [1.29, 1.82) is 0 Å². The number of benzene rings is 1. The molecule has 13 heteroatoms. The Morgan fingerprint density at radius 1 is 0.875 bits per heavy atom. The monoisotopic (exact) mass is 613 g/mol. The van der Waals surface area contributed by atoms with E-state index in [1.807, 2.05) is 40.7 Å². The van der Waals surface area contributed by atoms with E-state index in [2.05, 4.69) is 31.0 Å². The van der Waals surface area contributed by atoms with Crippen LogP contribution < -0.4 is 15.1 Å². The Labute approximate surface area is 242 Å². The molecule has 2 saturated heterocycles. The molecule has 3 aromatic rings. The fourth-order valence-corrected chi connectivity index (χ4v) is 5.25. The molecule has 12 nitrogen and oxygen atoms in total. The van der Waals surface area contributed by atoms with E-state index in [-0.39, 0.29) is 11.8 Å². The number of anilines is 2. The third-order valence-electron chi connectivity index (χ3n) is 7.25. The lowest BCUT2D eigenvalue weighted by atomic mass is 10.1. The first-order valence-corrected chi connectivity index (χ1v) is 15.0. The van der Waals surface area contributed by atoms with Crippen molar-refractivity contribution < 1.29 is 14.3 Å². The number of aromatic nitrogens is 5. The van der Waals surface area contributed by atoms with Gasteiger partial charge in [-0.05, 0) is 31.9 Å². The smallest absolute Gasteiger partial charge is 0.242 e. The first-order chi connectivity index (χ1) is 19.5. The molecule has 2 fully saturated rings. The highest BCUT2D eigenvalue weighted by Crippen LogP contribution is 2.23. The summed E-state index contributed by atoms with van der Waals surface area (Å²) in [4.78, 5) is 49.7. The average molecular weight is 615 g/mol. The van der Waals surface area contributed by atoms with Gasteiger partial charge in [-0.15, -0.1) is 0 Å². The van der Waals surface area contributed by atoms with Crippen molar-refractivity contribution in [2.75, 3.05) is 74.2 Å². The zero-order valence-corrected chi connectivity index (χ0v) is 24.5. The van der Waals surface area contributed by atoms with E-state index in [1.165, 1.54) is 0 Å². The first kappa shape index (κ1) is 28.2. The van der Waals surface area contributed by atoms with E-state index >= 15 is 0 Å². The molecular formula is C27H36BrN9O3. The Morgan fingerprint density at radius 2 is 1.55 bits per heavy atom. The Hall–Kier alpha value is -3.32. The van der Waals surface area contributed by atoms with Crippen LogP contribution in [0.1, 0.15) is 31.5 Å². The normalized spacial score (nSPS) is 16.0. The quantitative estimate of drug-likeness (QED) is 0.270. The van der Waals surface area contributed by atoms with Crippen LogP contribution in [-0.2, 0) is 14.3 Å². The molecule has 214 valence electrons. The predicted molar refractivity (Wildman–Crippen MR) is 156 cm³/mol. The second-order valence-corrected chi connectivity index (χ2v) is 10.5. The maximum absolute atomic E-state index is 12.8. The average Bonchev–Trinajstić information content (AvgIpc) is 3.34. The van der Waals surface area contributed by atoms with Crippen LogP contribution >= 0.6 is 15.9 Å². The third kappa shape index (κ3) is 6.69. The van der Waals surface area contributed by atoms with Gasteiger partial charge in [0.05, 0.1) is 29.6 Å². The minimum atomic E-state index is -0.00942. The summed E-state index contributed by atoms with van der Waals surface area (Å²) in [6.07, 6.45) is 3.13. The zero-order valence-electron chi connectivity index (χ0n) is 22.9. The Bertz CT molecular complexity index is 1320. The number of imidazole rings is 1. The van der Waals surface area contributed by atoms with Crippen molar-refractivity contribution in [3.05, 3.63) is 30.1 Å². The summed E-state index contributed by atoms with van der Waals surface area (Å²) >= 11 is 3.14. The number of para-hydroxylation sites is 2. The van der Waals surface area contributed by atoms with Crippen molar-refractivity contribution in [2.45, 2.75) is 32.6 Å². The number of ether oxygens (including phenoxy) is 1. The largest absolute Gasteiger partial charge is 0.378 e. The number of aryl methyl sites for hydroxylation is 1. The molecule has 0 bridgehead atoms. The van der Waals surface area contributed by atoms with Crippen molar-refractivity contribution >= 4 is 50.7 Å². The molecule has 0 unspecified atom stereocenters. The topological polar surface area (TPSA) is 122 Å². The second-order valence-electron chi connectivity index (χ2n) is 9.98. The van der Waals surface area contributed by atoms with Gasteiger partial charge in [-0.25, -0.2) is 4.98 Å². The van der Waals surface area contributed by atoms with Crippen LogP contribution in [-0.4, -0.2) is 106 Å². The van der Waals surface area contributed by atoms with Gasteiger partial charge < -0.3 is 24.8 Å². The zero-order chi connectivity index (χ0) is 27.9. The van der Waals surface area contributed by atoms with E-state index in [4.69, 9.17) is 24.7 Å². The van der Waals surface area contributed by atoms with Crippen LogP contribution in [0.3, 0.4) is 0 Å². The number of hydrogen-bond donors (Lipinski definition) is 1. The number of piperazine rings is 1. The molecule has 0 saturated carbocycles. The van der Waals surface area contributed by atoms with E-state index in [0.29, 0.717) is 75.5 Å². The molecule has 40 heavy (non-hydrogen) atoms. The summed E-state index contributed by atoms with van der Waals surface area (Å²) in [7, 11) is 0. The molecular weight excluding hydrogens is 578 g/mol. The van der Waals surface area contributed by atoms with Crippen molar-refractivity contribution in [3.8, 4) is 5.95 Å². The fraction of sp³-hybridized carbons (Fsp3) is 0.556. The number of morpholine rings is 1. The van der Waals surface area contributed by atoms with Gasteiger partial charge in [-0.2, -0.15) is 15.0 Å². The van der Waals surface area contributed by atoms with Gasteiger partial charge in [0, 0.05) is 52.2 Å². The molecule has 1 aromatic carbocycles. The van der Waals surface area contributed by atoms with Crippen molar-refractivity contribution in [2.24, 2.45) is 0 Å². The van der Waals surface area contributed by atoms with Crippen LogP contribution in [0.25, 0.3) is 17.0 Å². The molecule has 1 N–H and O–H groups in total. The summed E-state index contributed by atoms with van der Waals surface area (Å²) in [5, 5.41) is 3.15. The van der Waals surface area contributed by atoms with Crippen LogP contribution in [0.5, 0.6) is 0 Å². The molecule has 5 rings (SSSR count). The number of alkyl halides is 1. The van der Waals surface area contributed by atoms with Gasteiger partial charge in [0.2, 0.25) is 29.7 Å². The molecule has 0 radical (unpaired) electrons. The Morgan fingerprint density at radius 3 is 2.27 bits per heavy atom. The van der Waals surface area contributed by atoms with E-state index in [1.54, 1.807) is 0 Å². The summed E-state index contributed by atoms with van der Waals surface area (Å²) in [5.41, 5.74) is 1.84. The van der Waals surface area contributed by atoms with Crippen LogP contribution in [0.15, 0.2) is 24.3 Å². The number of rotatable bonds is 10. The fourth-order valence-electron chi connectivity index (χ4n) is 5.06. The number of carbonyl (C=O) groups is 2. The minimum absolute atomic E-state index is 0.00942. The lowest BCUT2D eigenvalue weighted by Gasteiger charge is -2.35. The van der Waals surface area contributed by atoms with Crippen LogP contribution in [0.4, 0.5) is 11.9 Å². The molecule has 0 aliphatic carbocycles. The van der Waals surface area contributed by atoms with E-state index < -0.39 is 0 Å². The molecule has 2 aliphatic heterocycles.